The monoisotopic (exact) mass is 315 g/mol. The molecule has 0 saturated heterocycles. The van der Waals surface area contributed by atoms with Crippen molar-refractivity contribution in [3.05, 3.63) is 62.6 Å². The van der Waals surface area contributed by atoms with Gasteiger partial charge in [0.1, 0.15) is 5.75 Å². The van der Waals surface area contributed by atoms with Crippen LogP contribution in [-0.4, -0.2) is 7.11 Å². The van der Waals surface area contributed by atoms with E-state index < -0.39 is 6.04 Å². The van der Waals surface area contributed by atoms with Gasteiger partial charge in [0, 0.05) is 20.6 Å². The molecule has 5 heteroatoms. The van der Waals surface area contributed by atoms with Crippen LogP contribution in [0.25, 0.3) is 0 Å². The zero-order valence-electron chi connectivity index (χ0n) is 10.2. The molecule has 2 N–H and O–H groups in total. The maximum Gasteiger partial charge on any atom is 0.120 e. The minimum atomic E-state index is -0.486. The number of hydrogen-bond acceptors (Lipinski definition) is 2. The van der Waals surface area contributed by atoms with E-state index in [1.54, 1.807) is 37.4 Å². The predicted molar refractivity (Wildman–Crippen MR) is 80.5 cm³/mol. The standard InChI is InChI=1S/C14H12Cl3NO/c1-19-8-5-6-9(12(17)7-8)14(18)13-10(15)3-2-4-11(13)16/h2-7,14H,18H2,1H3. The summed E-state index contributed by atoms with van der Waals surface area (Å²) in [7, 11) is 1.58. The molecule has 2 aromatic rings. The van der Waals surface area contributed by atoms with Gasteiger partial charge in [-0.15, -0.1) is 0 Å². The summed E-state index contributed by atoms with van der Waals surface area (Å²) in [6, 6.07) is 10.1. The van der Waals surface area contributed by atoms with Gasteiger partial charge in [-0.25, -0.2) is 0 Å². The van der Waals surface area contributed by atoms with E-state index in [0.29, 0.717) is 26.4 Å². The molecular formula is C14H12Cl3NO. The number of halogens is 3. The highest BCUT2D eigenvalue weighted by molar-refractivity contribution is 6.36. The summed E-state index contributed by atoms with van der Waals surface area (Å²) < 4.78 is 5.11. The number of methoxy groups -OCH3 is 1. The second-order valence-corrected chi connectivity index (χ2v) is 5.22. The Labute approximate surface area is 127 Å². The van der Waals surface area contributed by atoms with E-state index in [9.17, 15) is 0 Å². The Balaban J connectivity index is 2.47. The Bertz CT molecular complexity index is 581. The average Bonchev–Trinajstić information content (AvgIpc) is 2.38. The normalized spacial score (nSPS) is 12.3. The molecule has 100 valence electrons. The Kier molecular flexibility index (Phi) is 4.58. The molecule has 2 aromatic carbocycles. The zero-order chi connectivity index (χ0) is 14.0. The third kappa shape index (κ3) is 2.98. The first-order valence-corrected chi connectivity index (χ1v) is 6.71. The maximum atomic E-state index is 6.22. The lowest BCUT2D eigenvalue weighted by atomic mass is 9.99. The lowest BCUT2D eigenvalue weighted by molar-refractivity contribution is 0.414. The highest BCUT2D eigenvalue weighted by atomic mass is 35.5. The molecule has 0 heterocycles. The number of ether oxygens (including phenoxy) is 1. The first kappa shape index (κ1) is 14.5. The predicted octanol–water partition coefficient (Wildman–Crippen LogP) is 4.70. The van der Waals surface area contributed by atoms with Crippen molar-refractivity contribution in [2.45, 2.75) is 6.04 Å². The van der Waals surface area contributed by atoms with E-state index >= 15 is 0 Å². The summed E-state index contributed by atoms with van der Waals surface area (Å²) in [6.07, 6.45) is 0. The molecule has 1 unspecified atom stereocenters. The van der Waals surface area contributed by atoms with Crippen molar-refractivity contribution in [3.63, 3.8) is 0 Å². The summed E-state index contributed by atoms with van der Waals surface area (Å²) in [5, 5.41) is 1.56. The summed E-state index contributed by atoms with van der Waals surface area (Å²) in [5.41, 5.74) is 7.63. The Hall–Kier alpha value is -0.930. The molecule has 2 rings (SSSR count). The molecule has 19 heavy (non-hydrogen) atoms. The molecule has 0 saturated carbocycles. The van der Waals surface area contributed by atoms with Crippen LogP contribution < -0.4 is 10.5 Å². The molecule has 0 aliphatic carbocycles. The van der Waals surface area contributed by atoms with Gasteiger partial charge in [-0.05, 0) is 29.8 Å². The van der Waals surface area contributed by atoms with E-state index in [4.69, 9.17) is 45.3 Å². The van der Waals surface area contributed by atoms with E-state index in [0.717, 1.165) is 5.56 Å². The summed E-state index contributed by atoms with van der Waals surface area (Å²) in [4.78, 5) is 0. The molecule has 0 aliphatic rings. The fourth-order valence-electron chi connectivity index (χ4n) is 1.85. The van der Waals surface area contributed by atoms with Crippen LogP contribution in [0.2, 0.25) is 15.1 Å². The Morgan fingerprint density at radius 3 is 2.16 bits per heavy atom. The van der Waals surface area contributed by atoms with Gasteiger partial charge in [-0.1, -0.05) is 46.9 Å². The molecule has 0 bridgehead atoms. The van der Waals surface area contributed by atoms with Crippen LogP contribution in [0.15, 0.2) is 36.4 Å². The fourth-order valence-corrected chi connectivity index (χ4v) is 2.77. The van der Waals surface area contributed by atoms with E-state index in [-0.39, 0.29) is 0 Å². The Morgan fingerprint density at radius 1 is 1.00 bits per heavy atom. The minimum absolute atomic E-state index is 0.486. The highest BCUT2D eigenvalue weighted by Gasteiger charge is 2.18. The molecule has 0 aliphatic heterocycles. The number of benzene rings is 2. The van der Waals surface area contributed by atoms with Crippen molar-refractivity contribution in [2.75, 3.05) is 7.11 Å². The SMILES string of the molecule is COc1ccc(C(N)c2c(Cl)cccc2Cl)c(Cl)c1. The number of hydrogen-bond donors (Lipinski definition) is 1. The van der Waals surface area contributed by atoms with Crippen molar-refractivity contribution in [1.29, 1.82) is 0 Å². The van der Waals surface area contributed by atoms with Gasteiger partial charge in [0.05, 0.1) is 13.2 Å². The van der Waals surface area contributed by atoms with Gasteiger partial charge < -0.3 is 10.5 Å². The largest absolute Gasteiger partial charge is 0.497 e. The second kappa shape index (κ2) is 6.02. The third-order valence-electron chi connectivity index (χ3n) is 2.85. The third-order valence-corrected chi connectivity index (χ3v) is 3.84. The fraction of sp³-hybridized carbons (Fsp3) is 0.143. The van der Waals surface area contributed by atoms with Crippen molar-refractivity contribution < 1.29 is 4.74 Å². The molecular weight excluding hydrogens is 305 g/mol. The van der Waals surface area contributed by atoms with Crippen LogP contribution in [0.1, 0.15) is 17.2 Å². The van der Waals surface area contributed by atoms with Gasteiger partial charge >= 0.3 is 0 Å². The van der Waals surface area contributed by atoms with Crippen LogP contribution >= 0.6 is 34.8 Å². The van der Waals surface area contributed by atoms with Gasteiger partial charge in [-0.2, -0.15) is 0 Å². The maximum absolute atomic E-state index is 6.22. The molecule has 2 nitrogen and oxygen atoms in total. The first-order valence-electron chi connectivity index (χ1n) is 5.57. The van der Waals surface area contributed by atoms with E-state index in [1.165, 1.54) is 0 Å². The quantitative estimate of drug-likeness (QED) is 0.890. The van der Waals surface area contributed by atoms with Gasteiger partial charge in [-0.3, -0.25) is 0 Å². The van der Waals surface area contributed by atoms with E-state index in [2.05, 4.69) is 0 Å². The smallest absolute Gasteiger partial charge is 0.120 e. The summed E-state index contributed by atoms with van der Waals surface area (Å²) >= 11 is 18.5. The zero-order valence-corrected chi connectivity index (χ0v) is 12.4. The number of nitrogens with two attached hydrogens (primary N) is 1. The number of rotatable bonds is 3. The topological polar surface area (TPSA) is 35.2 Å². The van der Waals surface area contributed by atoms with E-state index in [1.807, 2.05) is 6.07 Å². The van der Waals surface area contributed by atoms with Crippen molar-refractivity contribution in [2.24, 2.45) is 5.73 Å². The van der Waals surface area contributed by atoms with Crippen molar-refractivity contribution >= 4 is 34.8 Å². The average molecular weight is 317 g/mol. The lowest BCUT2D eigenvalue weighted by Crippen LogP contribution is -2.13. The molecule has 0 aromatic heterocycles. The van der Waals surface area contributed by atoms with Crippen LogP contribution in [0, 0.1) is 0 Å². The minimum Gasteiger partial charge on any atom is -0.497 e. The van der Waals surface area contributed by atoms with Crippen LogP contribution in [0.3, 0.4) is 0 Å². The van der Waals surface area contributed by atoms with Crippen molar-refractivity contribution in [1.82, 2.24) is 0 Å². The summed E-state index contributed by atoms with van der Waals surface area (Å²) in [5.74, 6) is 0.672. The molecule has 1 atom stereocenters. The first-order chi connectivity index (χ1) is 9.04. The van der Waals surface area contributed by atoms with Gasteiger partial charge in [0.15, 0.2) is 0 Å². The second-order valence-electron chi connectivity index (χ2n) is 4.00. The highest BCUT2D eigenvalue weighted by Crippen LogP contribution is 2.36. The molecule has 0 fully saturated rings. The lowest BCUT2D eigenvalue weighted by Gasteiger charge is -2.17. The van der Waals surface area contributed by atoms with Crippen LogP contribution in [0.5, 0.6) is 5.75 Å². The van der Waals surface area contributed by atoms with Gasteiger partial charge in [0.25, 0.3) is 0 Å². The molecule has 0 amide bonds. The Morgan fingerprint density at radius 2 is 1.63 bits per heavy atom. The summed E-state index contributed by atoms with van der Waals surface area (Å²) in [6.45, 7) is 0. The van der Waals surface area contributed by atoms with Gasteiger partial charge in [0.2, 0.25) is 0 Å². The molecule has 0 spiro atoms. The van der Waals surface area contributed by atoms with Crippen molar-refractivity contribution in [3.8, 4) is 5.75 Å². The van der Waals surface area contributed by atoms with Crippen LogP contribution in [0.4, 0.5) is 0 Å². The van der Waals surface area contributed by atoms with Crippen LogP contribution in [-0.2, 0) is 0 Å². The molecule has 0 radical (unpaired) electrons.